The van der Waals surface area contributed by atoms with Crippen molar-refractivity contribution in [3.63, 3.8) is 0 Å². The molecule has 0 bridgehead atoms. The fraction of sp³-hybridized carbons (Fsp3) is 0.467. The lowest BCUT2D eigenvalue weighted by molar-refractivity contribution is 0.0805. The number of sulfonamides is 1. The number of aliphatic hydroxyl groups excluding tert-OH is 1. The summed E-state index contributed by atoms with van der Waals surface area (Å²) in [6, 6.07) is 11.8. The number of anilines is 5. The molecule has 2 heterocycles. The summed E-state index contributed by atoms with van der Waals surface area (Å²) in [5.74, 6) is 1.37. The molecule has 1 unspecified atom stereocenters. The smallest absolute Gasteiger partial charge is 0.232 e. The molecule has 0 spiro atoms. The van der Waals surface area contributed by atoms with Gasteiger partial charge in [0, 0.05) is 45.8 Å². The summed E-state index contributed by atoms with van der Waals surface area (Å²) >= 11 is 6.45. The molecule has 1 aromatic heterocycles. The van der Waals surface area contributed by atoms with Crippen molar-refractivity contribution >= 4 is 50.5 Å². The van der Waals surface area contributed by atoms with Gasteiger partial charge in [-0.05, 0) is 61.1 Å². The molecule has 1 aliphatic heterocycles. The molecular weight excluding hydrogens is 590 g/mol. The van der Waals surface area contributed by atoms with E-state index in [0.717, 1.165) is 70.4 Å². The summed E-state index contributed by atoms with van der Waals surface area (Å²) in [5.41, 5.74) is 4.35. The summed E-state index contributed by atoms with van der Waals surface area (Å²) in [7, 11) is -0.318. The molecule has 1 saturated heterocycles. The Kier molecular flexibility index (Phi) is 9.92. The maximum atomic E-state index is 12.2. The highest BCUT2D eigenvalue weighted by molar-refractivity contribution is 7.92. The maximum absolute atomic E-state index is 12.2. The van der Waals surface area contributed by atoms with Crippen LogP contribution in [0.15, 0.2) is 42.6 Å². The largest absolute Gasteiger partial charge is 0.495 e. The summed E-state index contributed by atoms with van der Waals surface area (Å²) in [4.78, 5) is 13.9. The molecule has 3 N–H and O–H groups in total. The lowest BCUT2D eigenvalue weighted by Gasteiger charge is -2.39. The number of benzene rings is 2. The van der Waals surface area contributed by atoms with Crippen LogP contribution in [0.5, 0.6) is 5.75 Å². The monoisotopic (exact) mass is 629 g/mol. The third kappa shape index (κ3) is 7.50. The molecular formula is C30H40ClN7O4S. The van der Waals surface area contributed by atoms with E-state index in [1.807, 2.05) is 0 Å². The number of para-hydroxylation sites is 2. The SMILES string of the molecule is COc1cc2c(cc1Nc1ncc(Cl)c(Nc3ccccc3N(C)S(C)(=O)=O)n1)CCCC(N1CCN(CCO)CC1)C2. The van der Waals surface area contributed by atoms with E-state index < -0.39 is 10.0 Å². The van der Waals surface area contributed by atoms with Crippen molar-refractivity contribution in [2.45, 2.75) is 31.7 Å². The number of nitrogens with one attached hydrogen (secondary N) is 2. The zero-order chi connectivity index (χ0) is 30.6. The van der Waals surface area contributed by atoms with E-state index in [0.29, 0.717) is 40.0 Å². The average Bonchev–Trinajstić information content (AvgIpc) is 3.20. The molecule has 5 rings (SSSR count). The van der Waals surface area contributed by atoms with Crippen LogP contribution < -0.4 is 19.7 Å². The number of aromatic nitrogens is 2. The van der Waals surface area contributed by atoms with Crippen molar-refractivity contribution < 1.29 is 18.3 Å². The Morgan fingerprint density at radius 3 is 2.60 bits per heavy atom. The molecule has 43 heavy (non-hydrogen) atoms. The quantitative estimate of drug-likeness (QED) is 0.285. The number of rotatable bonds is 10. The summed E-state index contributed by atoms with van der Waals surface area (Å²) < 4.78 is 31.4. The Morgan fingerprint density at radius 2 is 1.88 bits per heavy atom. The number of hydrogen-bond acceptors (Lipinski definition) is 10. The zero-order valence-corrected chi connectivity index (χ0v) is 26.5. The van der Waals surface area contributed by atoms with Gasteiger partial charge in [0.05, 0.1) is 43.2 Å². The van der Waals surface area contributed by atoms with Gasteiger partial charge in [-0.25, -0.2) is 13.4 Å². The van der Waals surface area contributed by atoms with Crippen LogP contribution in [0.25, 0.3) is 0 Å². The average molecular weight is 630 g/mol. The summed E-state index contributed by atoms with van der Waals surface area (Å²) in [5, 5.41) is 16.0. The van der Waals surface area contributed by atoms with Crippen LogP contribution in [-0.4, -0.2) is 99.1 Å². The van der Waals surface area contributed by atoms with E-state index in [1.54, 1.807) is 31.4 Å². The van der Waals surface area contributed by atoms with Gasteiger partial charge in [0.25, 0.3) is 0 Å². The van der Waals surface area contributed by atoms with Gasteiger partial charge in [0.15, 0.2) is 5.82 Å². The van der Waals surface area contributed by atoms with Gasteiger partial charge in [0.1, 0.15) is 10.8 Å². The molecule has 3 aromatic rings. The fourth-order valence-corrected chi connectivity index (χ4v) is 6.50. The number of fused-ring (bicyclic) bond motifs is 1. The summed E-state index contributed by atoms with van der Waals surface area (Å²) in [6.45, 7) is 4.99. The lowest BCUT2D eigenvalue weighted by Crippen LogP contribution is -2.51. The molecule has 2 aliphatic rings. The standard InChI is InChI=1S/C30H40ClN7O4S/c1-36(43(3,40)41)27-10-5-4-9-25(27)33-29-24(31)20-32-30(35-29)34-26-18-21-7-6-8-23(17-22(21)19-28(26)42-2)38-13-11-37(12-14-38)15-16-39/h4-5,9-10,18-20,23,39H,6-8,11-17H2,1-3H3,(H2,32,33,34,35). The molecule has 11 nitrogen and oxygen atoms in total. The van der Waals surface area contributed by atoms with Crippen molar-refractivity contribution in [3.8, 4) is 5.75 Å². The van der Waals surface area contributed by atoms with Gasteiger partial charge in [-0.2, -0.15) is 4.98 Å². The van der Waals surface area contributed by atoms with Crippen molar-refractivity contribution in [2.24, 2.45) is 0 Å². The number of hydrogen-bond donors (Lipinski definition) is 3. The Labute approximate surface area is 258 Å². The van der Waals surface area contributed by atoms with E-state index in [9.17, 15) is 13.5 Å². The fourth-order valence-electron chi connectivity index (χ4n) is 5.84. The molecule has 2 aromatic carbocycles. The Bertz CT molecular complexity index is 1530. The second-order valence-corrected chi connectivity index (χ2v) is 13.5. The Hall–Kier alpha value is -3.16. The number of methoxy groups -OCH3 is 1. The predicted octanol–water partition coefficient (Wildman–Crippen LogP) is 3.88. The van der Waals surface area contributed by atoms with Gasteiger partial charge in [0.2, 0.25) is 16.0 Å². The van der Waals surface area contributed by atoms with Crippen LogP contribution in [0.4, 0.5) is 28.8 Å². The van der Waals surface area contributed by atoms with Gasteiger partial charge in [-0.15, -0.1) is 0 Å². The van der Waals surface area contributed by atoms with E-state index in [2.05, 4.69) is 42.5 Å². The van der Waals surface area contributed by atoms with Crippen molar-refractivity contribution in [2.75, 3.05) is 74.7 Å². The molecule has 1 fully saturated rings. The van der Waals surface area contributed by atoms with Crippen molar-refractivity contribution in [3.05, 3.63) is 58.7 Å². The topological polar surface area (TPSA) is 123 Å². The molecule has 1 aliphatic carbocycles. The summed E-state index contributed by atoms with van der Waals surface area (Å²) in [6.07, 6.45) is 6.85. The minimum Gasteiger partial charge on any atom is -0.495 e. The van der Waals surface area contributed by atoms with Crippen LogP contribution in [-0.2, 0) is 22.9 Å². The maximum Gasteiger partial charge on any atom is 0.232 e. The number of aryl methyl sites for hydroxylation is 1. The third-order valence-electron chi connectivity index (χ3n) is 8.28. The highest BCUT2D eigenvalue weighted by Gasteiger charge is 2.27. The van der Waals surface area contributed by atoms with Crippen LogP contribution in [0, 0.1) is 0 Å². The van der Waals surface area contributed by atoms with E-state index in [1.165, 1.54) is 28.7 Å². The molecule has 0 saturated carbocycles. The molecule has 1 atom stereocenters. The van der Waals surface area contributed by atoms with E-state index in [4.69, 9.17) is 16.3 Å². The van der Waals surface area contributed by atoms with Gasteiger partial charge < -0.3 is 20.5 Å². The first-order valence-electron chi connectivity index (χ1n) is 14.5. The first-order valence-corrected chi connectivity index (χ1v) is 16.8. The highest BCUT2D eigenvalue weighted by Crippen LogP contribution is 2.36. The predicted molar refractivity (Wildman–Crippen MR) is 172 cm³/mol. The number of ether oxygens (including phenoxy) is 1. The van der Waals surface area contributed by atoms with Crippen LogP contribution in [0.2, 0.25) is 5.02 Å². The van der Waals surface area contributed by atoms with Gasteiger partial charge in [-0.1, -0.05) is 23.7 Å². The van der Waals surface area contributed by atoms with Crippen molar-refractivity contribution in [1.82, 2.24) is 19.8 Å². The minimum atomic E-state index is -3.47. The Balaban J connectivity index is 1.34. The minimum absolute atomic E-state index is 0.211. The molecule has 232 valence electrons. The van der Waals surface area contributed by atoms with Crippen molar-refractivity contribution in [1.29, 1.82) is 0 Å². The first-order chi connectivity index (χ1) is 20.7. The first kappa shape index (κ1) is 31.3. The van der Waals surface area contributed by atoms with Crippen LogP contribution in [0.3, 0.4) is 0 Å². The molecule has 13 heteroatoms. The molecule has 0 amide bonds. The van der Waals surface area contributed by atoms with Gasteiger partial charge >= 0.3 is 0 Å². The van der Waals surface area contributed by atoms with E-state index in [-0.39, 0.29) is 6.61 Å². The molecule has 0 radical (unpaired) electrons. The lowest BCUT2D eigenvalue weighted by atomic mass is 9.99. The van der Waals surface area contributed by atoms with Gasteiger partial charge in [-0.3, -0.25) is 14.1 Å². The van der Waals surface area contributed by atoms with Crippen LogP contribution >= 0.6 is 11.6 Å². The number of nitrogens with zero attached hydrogens (tertiary/aromatic N) is 5. The number of halogens is 1. The number of β-amino-alcohol motifs (C(OH)–C–C–N with tert-alkyl or cyclic N) is 1. The number of piperazine rings is 1. The number of aliphatic hydroxyl groups is 1. The Morgan fingerprint density at radius 1 is 1.12 bits per heavy atom. The third-order valence-corrected chi connectivity index (χ3v) is 9.75. The normalized spacial score (nSPS) is 18.0. The second-order valence-electron chi connectivity index (χ2n) is 11.1. The highest BCUT2D eigenvalue weighted by atomic mass is 35.5. The van der Waals surface area contributed by atoms with E-state index >= 15 is 0 Å². The second kappa shape index (κ2) is 13.6. The zero-order valence-electron chi connectivity index (χ0n) is 24.9. The van der Waals surface area contributed by atoms with Crippen LogP contribution in [0.1, 0.15) is 24.0 Å².